The summed E-state index contributed by atoms with van der Waals surface area (Å²) in [5, 5.41) is 22.9. The molecule has 0 aliphatic rings. The van der Waals surface area contributed by atoms with E-state index < -0.39 is 0 Å². The first-order valence-electron chi connectivity index (χ1n) is 8.74. The zero-order valence-electron chi connectivity index (χ0n) is 15.8. The monoisotopic (exact) mass is 468 g/mol. The van der Waals surface area contributed by atoms with Gasteiger partial charge in [0.05, 0.1) is 12.3 Å². The van der Waals surface area contributed by atoms with Crippen molar-refractivity contribution in [3.63, 3.8) is 0 Å². The van der Waals surface area contributed by atoms with Gasteiger partial charge in [0.25, 0.3) is 11.1 Å². The van der Waals surface area contributed by atoms with Gasteiger partial charge in [-0.2, -0.15) is 0 Å². The first-order chi connectivity index (χ1) is 14.5. The van der Waals surface area contributed by atoms with E-state index in [1.807, 2.05) is 6.92 Å². The molecule has 0 aliphatic heterocycles. The van der Waals surface area contributed by atoms with Crippen molar-refractivity contribution in [2.45, 2.75) is 25.1 Å². The van der Waals surface area contributed by atoms with E-state index in [1.54, 1.807) is 24.3 Å². The summed E-state index contributed by atoms with van der Waals surface area (Å²) in [4.78, 5) is 23.8. The molecule has 0 bridgehead atoms. The molecule has 30 heavy (non-hydrogen) atoms. The van der Waals surface area contributed by atoms with Crippen LogP contribution in [-0.2, 0) is 22.6 Å². The summed E-state index contributed by atoms with van der Waals surface area (Å²) in [7, 11) is 0. The van der Waals surface area contributed by atoms with E-state index in [2.05, 4.69) is 31.0 Å². The number of anilines is 1. The number of ether oxygens (including phenoxy) is 1. The van der Waals surface area contributed by atoms with Gasteiger partial charge in [-0.3, -0.25) is 14.9 Å². The molecular weight excluding hydrogens is 452 g/mol. The summed E-state index contributed by atoms with van der Waals surface area (Å²) in [6, 6.07) is 6.67. The average Bonchev–Trinajstić information content (AvgIpc) is 3.39. The summed E-state index contributed by atoms with van der Waals surface area (Å²) in [5.41, 5.74) is 0. The lowest BCUT2D eigenvalue weighted by molar-refractivity contribution is -0.123. The SMILES string of the molecule is CCc1nnc(NC(=O)CSc2nnc(CNC(=O)COc3ccc(Cl)cc3)o2)s1. The molecule has 10 nitrogen and oxygen atoms in total. The maximum absolute atomic E-state index is 12.0. The standard InChI is InChI=1S/C17H17ClN6O4S2/c1-2-15-22-23-16(30-15)20-13(26)9-29-17-24-21-14(28-17)7-19-12(25)8-27-11-5-3-10(18)4-6-11/h3-6H,2,7-9H2,1H3,(H,19,25)(H,20,23,26). The lowest BCUT2D eigenvalue weighted by Crippen LogP contribution is -2.28. The summed E-state index contributed by atoms with van der Waals surface area (Å²) < 4.78 is 10.7. The number of amides is 2. The van der Waals surface area contributed by atoms with Crippen LogP contribution in [0.15, 0.2) is 33.9 Å². The third-order valence-electron chi connectivity index (χ3n) is 3.41. The fraction of sp³-hybridized carbons (Fsp3) is 0.294. The molecule has 0 radical (unpaired) electrons. The molecule has 0 saturated carbocycles. The molecule has 13 heteroatoms. The highest BCUT2D eigenvalue weighted by molar-refractivity contribution is 7.99. The van der Waals surface area contributed by atoms with Gasteiger partial charge < -0.3 is 14.5 Å². The number of aromatic nitrogens is 4. The minimum Gasteiger partial charge on any atom is -0.484 e. The number of hydrogen-bond acceptors (Lipinski definition) is 10. The Balaban J connectivity index is 1.36. The molecule has 158 valence electrons. The van der Waals surface area contributed by atoms with Crippen LogP contribution in [0.5, 0.6) is 5.75 Å². The van der Waals surface area contributed by atoms with E-state index >= 15 is 0 Å². The number of carbonyl (C=O) groups is 2. The predicted octanol–water partition coefficient (Wildman–Crippen LogP) is 2.56. The van der Waals surface area contributed by atoms with Gasteiger partial charge in [-0.25, -0.2) is 0 Å². The Kier molecular flexibility index (Phi) is 7.99. The van der Waals surface area contributed by atoms with E-state index in [0.29, 0.717) is 15.9 Å². The van der Waals surface area contributed by atoms with Crippen LogP contribution < -0.4 is 15.4 Å². The van der Waals surface area contributed by atoms with Gasteiger partial charge in [0.2, 0.25) is 16.9 Å². The van der Waals surface area contributed by atoms with Crippen molar-refractivity contribution < 1.29 is 18.7 Å². The van der Waals surface area contributed by atoms with Gasteiger partial charge in [-0.05, 0) is 30.7 Å². The Labute approximate surface area is 184 Å². The first-order valence-corrected chi connectivity index (χ1v) is 10.9. The number of hydrogen-bond donors (Lipinski definition) is 2. The fourth-order valence-electron chi connectivity index (χ4n) is 2.00. The average molecular weight is 469 g/mol. The highest BCUT2D eigenvalue weighted by Gasteiger charge is 2.12. The van der Waals surface area contributed by atoms with Crippen LogP contribution >= 0.6 is 34.7 Å². The van der Waals surface area contributed by atoms with Crippen molar-refractivity contribution in [1.29, 1.82) is 0 Å². The predicted molar refractivity (Wildman–Crippen MR) is 112 cm³/mol. The molecule has 0 aliphatic carbocycles. The van der Waals surface area contributed by atoms with Crippen molar-refractivity contribution in [3.8, 4) is 5.75 Å². The summed E-state index contributed by atoms with van der Waals surface area (Å²) >= 11 is 8.20. The van der Waals surface area contributed by atoms with Crippen LogP contribution in [-0.4, -0.2) is 44.6 Å². The van der Waals surface area contributed by atoms with E-state index in [9.17, 15) is 9.59 Å². The Morgan fingerprint density at radius 1 is 1.17 bits per heavy atom. The Morgan fingerprint density at radius 3 is 2.70 bits per heavy atom. The molecule has 2 heterocycles. The fourth-order valence-corrected chi connectivity index (χ4v) is 3.40. The molecule has 0 atom stereocenters. The molecule has 2 N–H and O–H groups in total. The number of nitrogens with zero attached hydrogens (tertiary/aromatic N) is 4. The summed E-state index contributed by atoms with van der Waals surface area (Å²) in [6.45, 7) is 1.85. The van der Waals surface area contributed by atoms with Gasteiger partial charge in [0.15, 0.2) is 6.61 Å². The van der Waals surface area contributed by atoms with Gasteiger partial charge in [0, 0.05) is 5.02 Å². The number of thioether (sulfide) groups is 1. The van der Waals surface area contributed by atoms with Gasteiger partial charge in [-0.1, -0.05) is 41.6 Å². The van der Waals surface area contributed by atoms with Gasteiger partial charge in [-0.15, -0.1) is 20.4 Å². The second-order valence-electron chi connectivity index (χ2n) is 5.67. The normalized spacial score (nSPS) is 10.6. The number of benzene rings is 1. The van der Waals surface area contributed by atoms with E-state index in [1.165, 1.54) is 11.3 Å². The molecule has 3 aromatic rings. The maximum atomic E-state index is 12.0. The highest BCUT2D eigenvalue weighted by Crippen LogP contribution is 2.19. The third-order valence-corrected chi connectivity index (χ3v) is 5.46. The van der Waals surface area contributed by atoms with Gasteiger partial charge >= 0.3 is 0 Å². The Hall–Kier alpha value is -2.70. The minimum absolute atomic E-state index is 0.0488. The molecule has 2 amide bonds. The smallest absolute Gasteiger partial charge is 0.277 e. The molecule has 0 fully saturated rings. The molecule has 0 saturated heterocycles. The van der Waals surface area contributed by atoms with E-state index in [-0.39, 0.29) is 41.8 Å². The van der Waals surface area contributed by atoms with Crippen molar-refractivity contribution in [3.05, 3.63) is 40.2 Å². The topological polar surface area (TPSA) is 132 Å². The van der Waals surface area contributed by atoms with E-state index in [0.717, 1.165) is 23.2 Å². The Morgan fingerprint density at radius 2 is 1.97 bits per heavy atom. The van der Waals surface area contributed by atoms with Crippen molar-refractivity contribution in [1.82, 2.24) is 25.7 Å². The zero-order valence-corrected chi connectivity index (χ0v) is 18.1. The summed E-state index contributed by atoms with van der Waals surface area (Å²) in [5.74, 6) is 0.217. The third kappa shape index (κ3) is 6.97. The maximum Gasteiger partial charge on any atom is 0.277 e. The molecule has 1 aromatic carbocycles. The first kappa shape index (κ1) is 22.0. The van der Waals surface area contributed by atoms with Crippen LogP contribution in [0.4, 0.5) is 5.13 Å². The van der Waals surface area contributed by atoms with Crippen molar-refractivity contribution in [2.24, 2.45) is 0 Å². The molecular formula is C17H17ClN6O4S2. The lowest BCUT2D eigenvalue weighted by atomic mass is 10.3. The number of aryl methyl sites for hydroxylation is 1. The van der Waals surface area contributed by atoms with Crippen LogP contribution in [0.3, 0.4) is 0 Å². The number of carbonyl (C=O) groups excluding carboxylic acids is 2. The molecule has 0 unspecified atom stereocenters. The lowest BCUT2D eigenvalue weighted by Gasteiger charge is -2.06. The number of nitrogens with one attached hydrogen (secondary N) is 2. The number of halogens is 1. The largest absolute Gasteiger partial charge is 0.484 e. The van der Waals surface area contributed by atoms with Crippen molar-refractivity contribution in [2.75, 3.05) is 17.7 Å². The second kappa shape index (κ2) is 10.9. The van der Waals surface area contributed by atoms with Crippen LogP contribution in [0.2, 0.25) is 5.02 Å². The van der Waals surface area contributed by atoms with Crippen LogP contribution in [0, 0.1) is 0 Å². The minimum atomic E-state index is -0.347. The van der Waals surface area contributed by atoms with Gasteiger partial charge in [0.1, 0.15) is 10.8 Å². The van der Waals surface area contributed by atoms with E-state index in [4.69, 9.17) is 20.8 Å². The zero-order chi connectivity index (χ0) is 21.3. The highest BCUT2D eigenvalue weighted by atomic mass is 35.5. The number of rotatable bonds is 10. The quantitative estimate of drug-likeness (QED) is 0.430. The molecule has 0 spiro atoms. The molecule has 2 aromatic heterocycles. The van der Waals surface area contributed by atoms with Crippen molar-refractivity contribution >= 4 is 51.6 Å². The second-order valence-corrected chi connectivity index (χ2v) is 8.10. The molecule has 3 rings (SSSR count). The van der Waals surface area contributed by atoms with Crippen LogP contribution in [0.25, 0.3) is 0 Å². The Bertz CT molecular complexity index is 994. The van der Waals surface area contributed by atoms with Crippen LogP contribution in [0.1, 0.15) is 17.8 Å². The summed E-state index contributed by atoms with van der Waals surface area (Å²) in [6.07, 6.45) is 0.761.